The number of aromatic nitrogens is 1. The zero-order chi connectivity index (χ0) is 19.7. The average Bonchev–Trinajstić information content (AvgIpc) is 3.30. The van der Waals surface area contributed by atoms with Gasteiger partial charge in [-0.25, -0.2) is 9.37 Å². The van der Waals surface area contributed by atoms with E-state index in [1.165, 1.54) is 23.5 Å². The molecule has 1 fully saturated rings. The topological polar surface area (TPSA) is 62.3 Å². The van der Waals surface area contributed by atoms with Crippen LogP contribution in [0.2, 0.25) is 0 Å². The second-order valence-corrected chi connectivity index (χ2v) is 7.63. The van der Waals surface area contributed by atoms with Crippen molar-refractivity contribution < 1.29 is 14.0 Å². The Morgan fingerprint density at radius 1 is 1.18 bits per heavy atom. The van der Waals surface area contributed by atoms with Gasteiger partial charge in [0.15, 0.2) is 5.13 Å². The highest BCUT2D eigenvalue weighted by Gasteiger charge is 2.35. The van der Waals surface area contributed by atoms with Crippen LogP contribution in [0.3, 0.4) is 0 Å². The Hall–Kier alpha value is -3.06. The molecule has 2 heterocycles. The van der Waals surface area contributed by atoms with Crippen molar-refractivity contribution >= 4 is 34.0 Å². The summed E-state index contributed by atoms with van der Waals surface area (Å²) in [5.41, 5.74) is 3.37. The molecule has 5 nitrogen and oxygen atoms in total. The third kappa shape index (κ3) is 3.80. The zero-order valence-electron chi connectivity index (χ0n) is 15.2. The van der Waals surface area contributed by atoms with Gasteiger partial charge >= 0.3 is 0 Å². The number of nitrogens with zero attached hydrogens (tertiary/aromatic N) is 2. The van der Waals surface area contributed by atoms with E-state index in [1.54, 1.807) is 22.4 Å². The molecule has 1 atom stereocenters. The monoisotopic (exact) mass is 395 g/mol. The van der Waals surface area contributed by atoms with Crippen molar-refractivity contribution in [3.63, 3.8) is 0 Å². The molecule has 3 aromatic rings. The summed E-state index contributed by atoms with van der Waals surface area (Å²) in [5, 5.41) is 5.07. The zero-order valence-corrected chi connectivity index (χ0v) is 16.0. The Labute approximate surface area is 165 Å². The number of hydrogen-bond donors (Lipinski definition) is 1. The first-order valence-corrected chi connectivity index (χ1v) is 9.77. The second-order valence-electron chi connectivity index (χ2n) is 6.77. The van der Waals surface area contributed by atoms with E-state index in [-0.39, 0.29) is 24.1 Å². The van der Waals surface area contributed by atoms with Gasteiger partial charge in [0.05, 0.1) is 11.6 Å². The first kappa shape index (κ1) is 18.3. The number of thiazole rings is 1. The first-order chi connectivity index (χ1) is 13.5. The molecule has 0 aliphatic carbocycles. The predicted octanol–water partition coefficient (Wildman–Crippen LogP) is 4.25. The van der Waals surface area contributed by atoms with Gasteiger partial charge in [-0.2, -0.15) is 0 Å². The van der Waals surface area contributed by atoms with Gasteiger partial charge in [-0.15, -0.1) is 11.3 Å². The minimum Gasteiger partial charge on any atom is -0.312 e. The van der Waals surface area contributed by atoms with Gasteiger partial charge < -0.3 is 10.2 Å². The highest BCUT2D eigenvalue weighted by atomic mass is 32.1. The predicted molar refractivity (Wildman–Crippen MR) is 108 cm³/mol. The van der Waals surface area contributed by atoms with Crippen molar-refractivity contribution in [3.8, 4) is 11.3 Å². The number of hydrogen-bond acceptors (Lipinski definition) is 4. The third-order valence-electron chi connectivity index (χ3n) is 4.72. The molecule has 28 heavy (non-hydrogen) atoms. The SMILES string of the molecule is Cc1ccc(N2CC(C(=O)Nc3nc(-c4ccc(F)cc4)cs3)CC2=O)cc1. The summed E-state index contributed by atoms with van der Waals surface area (Å²) >= 11 is 1.30. The van der Waals surface area contributed by atoms with E-state index >= 15 is 0 Å². The Bertz CT molecular complexity index is 1010. The van der Waals surface area contributed by atoms with Crippen LogP contribution < -0.4 is 10.2 Å². The van der Waals surface area contributed by atoms with Crippen LogP contribution in [-0.4, -0.2) is 23.3 Å². The molecular formula is C21H18FN3O2S. The fourth-order valence-corrected chi connectivity index (χ4v) is 3.87. The molecule has 0 bridgehead atoms. The Balaban J connectivity index is 1.42. The number of carbonyl (C=O) groups is 2. The lowest BCUT2D eigenvalue weighted by Crippen LogP contribution is -2.28. The molecule has 2 aromatic carbocycles. The lowest BCUT2D eigenvalue weighted by atomic mass is 10.1. The van der Waals surface area contributed by atoms with Crippen LogP contribution in [0, 0.1) is 18.7 Å². The fraction of sp³-hybridized carbons (Fsp3) is 0.190. The summed E-state index contributed by atoms with van der Waals surface area (Å²) in [6.45, 7) is 2.34. The van der Waals surface area contributed by atoms with Crippen LogP contribution in [0.4, 0.5) is 15.2 Å². The maximum atomic E-state index is 13.1. The summed E-state index contributed by atoms with van der Waals surface area (Å²) in [6, 6.07) is 13.7. The first-order valence-electron chi connectivity index (χ1n) is 8.89. The number of halogens is 1. The number of carbonyl (C=O) groups excluding carboxylic acids is 2. The fourth-order valence-electron chi connectivity index (χ4n) is 3.15. The van der Waals surface area contributed by atoms with Crippen LogP contribution in [0.1, 0.15) is 12.0 Å². The lowest BCUT2D eigenvalue weighted by molar-refractivity contribution is -0.122. The number of amides is 2. The molecular weight excluding hydrogens is 377 g/mol. The van der Waals surface area contributed by atoms with Gasteiger partial charge in [0, 0.05) is 29.6 Å². The molecule has 4 rings (SSSR count). The van der Waals surface area contributed by atoms with E-state index in [0.717, 1.165) is 16.8 Å². The number of aryl methyl sites for hydroxylation is 1. The molecule has 7 heteroatoms. The van der Waals surface area contributed by atoms with Gasteiger partial charge in [0.25, 0.3) is 0 Å². The maximum absolute atomic E-state index is 13.1. The summed E-state index contributed by atoms with van der Waals surface area (Å²) in [4.78, 5) is 31.0. The molecule has 142 valence electrons. The van der Waals surface area contributed by atoms with Crippen LogP contribution in [-0.2, 0) is 9.59 Å². The summed E-state index contributed by atoms with van der Waals surface area (Å²) < 4.78 is 13.1. The Morgan fingerprint density at radius 3 is 2.61 bits per heavy atom. The normalized spacial score (nSPS) is 16.4. The largest absolute Gasteiger partial charge is 0.312 e. The van der Waals surface area contributed by atoms with Crippen molar-refractivity contribution in [3.05, 3.63) is 65.3 Å². The average molecular weight is 395 g/mol. The lowest BCUT2D eigenvalue weighted by Gasteiger charge is -2.16. The van der Waals surface area contributed by atoms with Crippen LogP contribution in [0.5, 0.6) is 0 Å². The minimum absolute atomic E-state index is 0.0601. The van der Waals surface area contributed by atoms with Gasteiger partial charge in [0.2, 0.25) is 11.8 Å². The summed E-state index contributed by atoms with van der Waals surface area (Å²) in [7, 11) is 0. The van der Waals surface area contributed by atoms with Crippen molar-refractivity contribution in [2.75, 3.05) is 16.8 Å². The summed E-state index contributed by atoms with van der Waals surface area (Å²) in [6.07, 6.45) is 0.176. The van der Waals surface area contributed by atoms with Gasteiger partial charge in [0.1, 0.15) is 5.82 Å². The smallest absolute Gasteiger partial charge is 0.231 e. The van der Waals surface area contributed by atoms with E-state index in [9.17, 15) is 14.0 Å². The molecule has 1 aliphatic rings. The van der Waals surface area contributed by atoms with Crippen molar-refractivity contribution in [1.29, 1.82) is 0 Å². The van der Waals surface area contributed by atoms with Gasteiger partial charge in [-0.3, -0.25) is 9.59 Å². The number of anilines is 2. The number of nitrogens with one attached hydrogen (secondary N) is 1. The molecule has 0 spiro atoms. The highest BCUT2D eigenvalue weighted by molar-refractivity contribution is 7.14. The van der Waals surface area contributed by atoms with Crippen molar-refractivity contribution in [2.45, 2.75) is 13.3 Å². The Kier molecular flexibility index (Phi) is 4.92. The second kappa shape index (κ2) is 7.52. The van der Waals surface area contributed by atoms with Gasteiger partial charge in [-0.05, 0) is 43.3 Å². The third-order valence-corrected chi connectivity index (χ3v) is 5.47. The minimum atomic E-state index is -0.424. The van der Waals surface area contributed by atoms with E-state index in [1.807, 2.05) is 31.2 Å². The summed E-state index contributed by atoms with van der Waals surface area (Å²) in [5.74, 6) is -1.01. The van der Waals surface area contributed by atoms with E-state index in [4.69, 9.17) is 0 Å². The highest BCUT2D eigenvalue weighted by Crippen LogP contribution is 2.28. The quantitative estimate of drug-likeness (QED) is 0.718. The number of rotatable bonds is 4. The molecule has 1 aliphatic heterocycles. The standard InChI is InChI=1S/C21H18FN3O2S/c1-13-2-8-17(9-3-13)25-11-15(10-19(25)26)20(27)24-21-23-18(12-28-21)14-4-6-16(22)7-5-14/h2-9,12,15H,10-11H2,1H3,(H,23,24,27). The van der Waals surface area contributed by atoms with E-state index < -0.39 is 5.92 Å². The molecule has 1 N–H and O–H groups in total. The maximum Gasteiger partial charge on any atom is 0.231 e. The van der Waals surface area contributed by atoms with Crippen LogP contribution in [0.15, 0.2) is 53.9 Å². The number of benzene rings is 2. The molecule has 1 unspecified atom stereocenters. The van der Waals surface area contributed by atoms with Crippen molar-refractivity contribution in [1.82, 2.24) is 4.98 Å². The van der Waals surface area contributed by atoms with Crippen molar-refractivity contribution in [2.24, 2.45) is 5.92 Å². The van der Waals surface area contributed by atoms with Crippen LogP contribution >= 0.6 is 11.3 Å². The molecule has 2 amide bonds. The Morgan fingerprint density at radius 2 is 1.89 bits per heavy atom. The van der Waals surface area contributed by atoms with Crippen LogP contribution in [0.25, 0.3) is 11.3 Å². The molecule has 1 saturated heterocycles. The molecule has 1 aromatic heterocycles. The van der Waals surface area contributed by atoms with E-state index in [0.29, 0.717) is 17.4 Å². The molecule has 0 saturated carbocycles. The van der Waals surface area contributed by atoms with Gasteiger partial charge in [-0.1, -0.05) is 17.7 Å². The molecule has 0 radical (unpaired) electrons. The van der Waals surface area contributed by atoms with E-state index in [2.05, 4.69) is 10.3 Å².